The minimum absolute atomic E-state index is 0.707. The highest BCUT2D eigenvalue weighted by molar-refractivity contribution is 8.28. The fourth-order valence-corrected chi connectivity index (χ4v) is 3.72. The minimum Gasteiger partial charge on any atom is -0.497 e. The topological polar surface area (TPSA) is 38.7 Å². The molecule has 0 aliphatic heterocycles. The van der Waals surface area contributed by atoms with Crippen LogP contribution < -0.4 is 9.47 Å². The minimum atomic E-state index is -2.09. The van der Waals surface area contributed by atoms with Crippen molar-refractivity contribution in [2.45, 2.75) is 9.79 Å². The first-order valence-corrected chi connectivity index (χ1v) is 7.87. The van der Waals surface area contributed by atoms with Crippen molar-refractivity contribution in [1.82, 2.24) is 0 Å². The molecule has 1 atom stereocenters. The van der Waals surface area contributed by atoms with E-state index in [0.717, 1.165) is 15.5 Å². The Morgan fingerprint density at radius 3 is 2.11 bits per heavy atom. The lowest BCUT2D eigenvalue weighted by Crippen LogP contribution is -2.01. The van der Waals surface area contributed by atoms with E-state index in [2.05, 4.69) is 0 Å². The molecule has 1 unspecified atom stereocenters. The molecule has 2 aromatic carbocycles. The summed E-state index contributed by atoms with van der Waals surface area (Å²) in [7, 11) is 1.15. The van der Waals surface area contributed by atoms with Gasteiger partial charge in [0.2, 0.25) is 0 Å². The molecule has 2 rings (SSSR count). The van der Waals surface area contributed by atoms with Crippen LogP contribution in [0.4, 0.5) is 0 Å². The Morgan fingerprint density at radius 2 is 1.53 bits per heavy atom. The van der Waals surface area contributed by atoms with Gasteiger partial charge in [0.1, 0.15) is 11.5 Å². The molecule has 0 bridgehead atoms. The Hall–Kier alpha value is -1.65. The van der Waals surface area contributed by atoms with Gasteiger partial charge in [-0.2, -0.15) is 0 Å². The fourth-order valence-electron chi connectivity index (χ4n) is 1.91. The molecular weight excluding hydrogens is 260 g/mol. The summed E-state index contributed by atoms with van der Waals surface area (Å²) in [6, 6.07) is 15.0. The zero-order valence-electron chi connectivity index (χ0n) is 11.3. The Bertz CT molecular complexity index is 550. The first-order valence-electron chi connectivity index (χ1n) is 5.87. The number of rotatable bonds is 4. The van der Waals surface area contributed by atoms with Crippen molar-refractivity contribution in [2.24, 2.45) is 0 Å². The van der Waals surface area contributed by atoms with Gasteiger partial charge in [0.05, 0.1) is 19.1 Å². The molecule has 19 heavy (non-hydrogen) atoms. The van der Waals surface area contributed by atoms with Gasteiger partial charge in [-0.05, 0) is 42.7 Å². The lowest BCUT2D eigenvalue weighted by molar-refractivity contribution is 0.403. The molecular formula is C15H18O3S. The van der Waals surface area contributed by atoms with E-state index in [0.29, 0.717) is 5.75 Å². The van der Waals surface area contributed by atoms with Crippen LogP contribution in [-0.2, 0) is 0 Å². The molecule has 0 fully saturated rings. The van der Waals surface area contributed by atoms with Crippen LogP contribution in [0.5, 0.6) is 11.5 Å². The van der Waals surface area contributed by atoms with Gasteiger partial charge < -0.3 is 14.0 Å². The zero-order chi connectivity index (χ0) is 13.9. The number of hydrogen-bond acceptors (Lipinski definition) is 3. The number of methoxy groups -OCH3 is 2. The SMILES string of the molecule is COc1ccc(S(C)(O)c2ccccc2OC)cc1. The van der Waals surface area contributed by atoms with E-state index >= 15 is 0 Å². The van der Waals surface area contributed by atoms with Crippen molar-refractivity contribution in [3.8, 4) is 11.5 Å². The van der Waals surface area contributed by atoms with E-state index in [9.17, 15) is 4.55 Å². The molecule has 0 saturated heterocycles. The summed E-state index contributed by atoms with van der Waals surface area (Å²) < 4.78 is 21.4. The van der Waals surface area contributed by atoms with E-state index in [-0.39, 0.29) is 0 Å². The highest BCUT2D eigenvalue weighted by Gasteiger charge is 2.23. The number of para-hydroxylation sites is 1. The Balaban J connectivity index is 2.45. The lowest BCUT2D eigenvalue weighted by Gasteiger charge is -2.31. The van der Waals surface area contributed by atoms with Gasteiger partial charge in [-0.25, -0.2) is 0 Å². The van der Waals surface area contributed by atoms with E-state index in [4.69, 9.17) is 9.47 Å². The smallest absolute Gasteiger partial charge is 0.133 e. The molecule has 0 spiro atoms. The monoisotopic (exact) mass is 278 g/mol. The molecule has 2 aromatic rings. The normalized spacial score (nSPS) is 15.4. The maximum absolute atomic E-state index is 10.9. The van der Waals surface area contributed by atoms with Crippen LogP contribution >= 0.6 is 10.3 Å². The van der Waals surface area contributed by atoms with Gasteiger partial charge in [0, 0.05) is 4.90 Å². The van der Waals surface area contributed by atoms with E-state index in [1.54, 1.807) is 14.2 Å². The molecule has 0 heterocycles. The van der Waals surface area contributed by atoms with Gasteiger partial charge in [-0.3, -0.25) is 0 Å². The lowest BCUT2D eigenvalue weighted by atomic mass is 10.3. The summed E-state index contributed by atoms with van der Waals surface area (Å²) in [6.45, 7) is 0. The molecule has 0 radical (unpaired) electrons. The molecule has 102 valence electrons. The van der Waals surface area contributed by atoms with Crippen LogP contribution in [0.2, 0.25) is 0 Å². The maximum atomic E-state index is 10.9. The number of hydrogen-bond donors (Lipinski definition) is 1. The van der Waals surface area contributed by atoms with Crippen molar-refractivity contribution in [1.29, 1.82) is 0 Å². The van der Waals surface area contributed by atoms with E-state index in [1.165, 1.54) is 0 Å². The predicted molar refractivity (Wildman–Crippen MR) is 78.7 cm³/mol. The fraction of sp³-hybridized carbons (Fsp3) is 0.200. The first-order chi connectivity index (χ1) is 9.09. The summed E-state index contributed by atoms with van der Waals surface area (Å²) in [6.07, 6.45) is 1.84. The Kier molecular flexibility index (Phi) is 4.02. The molecule has 4 heteroatoms. The van der Waals surface area contributed by atoms with Crippen molar-refractivity contribution < 1.29 is 14.0 Å². The number of ether oxygens (including phenoxy) is 2. The second-order valence-electron chi connectivity index (χ2n) is 4.20. The highest BCUT2D eigenvalue weighted by atomic mass is 32.3. The Morgan fingerprint density at radius 1 is 0.895 bits per heavy atom. The first kappa shape index (κ1) is 13.8. The van der Waals surface area contributed by atoms with Crippen molar-refractivity contribution >= 4 is 10.3 Å². The molecule has 0 aromatic heterocycles. The Labute approximate surface area is 115 Å². The quantitative estimate of drug-likeness (QED) is 0.917. The van der Waals surface area contributed by atoms with Gasteiger partial charge >= 0.3 is 0 Å². The predicted octanol–water partition coefficient (Wildman–Crippen LogP) is 4.03. The molecule has 0 saturated carbocycles. The third-order valence-corrected chi connectivity index (χ3v) is 5.40. The zero-order valence-corrected chi connectivity index (χ0v) is 12.1. The van der Waals surface area contributed by atoms with E-state index < -0.39 is 10.3 Å². The van der Waals surface area contributed by atoms with Gasteiger partial charge in [-0.15, -0.1) is 0 Å². The molecule has 0 aliphatic rings. The molecule has 3 nitrogen and oxygen atoms in total. The van der Waals surface area contributed by atoms with Crippen molar-refractivity contribution in [2.75, 3.05) is 20.5 Å². The van der Waals surface area contributed by atoms with Crippen LogP contribution in [0.25, 0.3) is 0 Å². The van der Waals surface area contributed by atoms with Crippen LogP contribution in [0.1, 0.15) is 0 Å². The van der Waals surface area contributed by atoms with Crippen LogP contribution in [0.3, 0.4) is 0 Å². The summed E-state index contributed by atoms with van der Waals surface area (Å²) in [4.78, 5) is 1.69. The average molecular weight is 278 g/mol. The molecule has 1 N–H and O–H groups in total. The summed E-state index contributed by atoms with van der Waals surface area (Å²) >= 11 is 0. The van der Waals surface area contributed by atoms with Gasteiger partial charge in [-0.1, -0.05) is 22.4 Å². The van der Waals surface area contributed by atoms with Crippen molar-refractivity contribution in [3.63, 3.8) is 0 Å². The number of benzene rings is 2. The second-order valence-corrected chi connectivity index (χ2v) is 6.86. The third-order valence-electron chi connectivity index (χ3n) is 3.02. The summed E-state index contributed by atoms with van der Waals surface area (Å²) in [5, 5.41) is 0. The molecule has 0 amide bonds. The van der Waals surface area contributed by atoms with Crippen molar-refractivity contribution in [3.05, 3.63) is 48.5 Å². The maximum Gasteiger partial charge on any atom is 0.133 e. The average Bonchev–Trinajstić information content (AvgIpc) is 2.47. The van der Waals surface area contributed by atoms with Crippen LogP contribution in [0, 0.1) is 0 Å². The standard InChI is InChI=1S/C15H18O3S/c1-17-12-8-10-13(11-9-12)19(3,16)15-7-5-4-6-14(15)18-2/h4-11,16H,1-3H3. The van der Waals surface area contributed by atoms with Gasteiger partial charge in [0.15, 0.2) is 0 Å². The van der Waals surface area contributed by atoms with E-state index in [1.807, 2.05) is 54.8 Å². The van der Waals surface area contributed by atoms with Crippen LogP contribution in [0.15, 0.2) is 58.3 Å². The second kappa shape index (κ2) is 5.55. The summed E-state index contributed by atoms with van der Waals surface area (Å²) in [5.74, 6) is 1.48. The highest BCUT2D eigenvalue weighted by Crippen LogP contribution is 2.59. The van der Waals surface area contributed by atoms with Crippen LogP contribution in [-0.4, -0.2) is 25.0 Å². The van der Waals surface area contributed by atoms with Gasteiger partial charge in [0.25, 0.3) is 0 Å². The molecule has 0 aliphatic carbocycles. The largest absolute Gasteiger partial charge is 0.497 e. The third kappa shape index (κ3) is 2.69. The summed E-state index contributed by atoms with van der Waals surface area (Å²) in [5.41, 5.74) is 0.